The minimum Gasteiger partial charge on any atom is -0.493 e. The maximum absolute atomic E-state index is 5.31. The van der Waals surface area contributed by atoms with Crippen LogP contribution in [0.15, 0.2) is 18.2 Å². The lowest BCUT2D eigenvalue weighted by Crippen LogP contribution is -2.18. The number of nitrogens with one attached hydrogen (secondary N) is 1. The molecule has 112 valence electrons. The van der Waals surface area contributed by atoms with E-state index < -0.39 is 0 Å². The number of methoxy groups -OCH3 is 4. The Kier molecular flexibility index (Phi) is 7.54. The predicted molar refractivity (Wildman–Crippen MR) is 79.9 cm³/mol. The Morgan fingerprint density at radius 2 is 1.65 bits per heavy atom. The zero-order valence-electron chi connectivity index (χ0n) is 12.6. The molecule has 0 bridgehead atoms. The molecular weight excluding hydrogens is 258 g/mol. The van der Waals surface area contributed by atoms with Gasteiger partial charge in [-0.15, -0.1) is 0 Å². The summed E-state index contributed by atoms with van der Waals surface area (Å²) in [6.07, 6.45) is 4.04. The summed E-state index contributed by atoms with van der Waals surface area (Å²) < 4.78 is 20.9. The molecule has 0 amide bonds. The van der Waals surface area contributed by atoms with Crippen LogP contribution in [-0.4, -0.2) is 48.1 Å². The van der Waals surface area contributed by atoms with Crippen molar-refractivity contribution in [2.75, 3.05) is 48.1 Å². The van der Waals surface area contributed by atoms with Crippen LogP contribution in [0.4, 0.5) is 0 Å². The molecule has 0 aliphatic rings. The van der Waals surface area contributed by atoms with Gasteiger partial charge in [-0.2, -0.15) is 0 Å². The SMILES string of the molecule is COCCNCC=Cc1cc(OC)c(OC)c(OC)c1. The van der Waals surface area contributed by atoms with E-state index in [0.717, 1.165) is 18.7 Å². The van der Waals surface area contributed by atoms with Gasteiger partial charge in [-0.1, -0.05) is 12.2 Å². The van der Waals surface area contributed by atoms with Gasteiger partial charge in [0.2, 0.25) is 5.75 Å². The van der Waals surface area contributed by atoms with E-state index in [4.69, 9.17) is 18.9 Å². The highest BCUT2D eigenvalue weighted by Crippen LogP contribution is 2.38. The van der Waals surface area contributed by atoms with Gasteiger partial charge < -0.3 is 24.3 Å². The van der Waals surface area contributed by atoms with Crippen LogP contribution in [0.2, 0.25) is 0 Å². The Labute approximate surface area is 120 Å². The first kappa shape index (κ1) is 16.3. The van der Waals surface area contributed by atoms with Crippen molar-refractivity contribution in [1.29, 1.82) is 0 Å². The molecule has 20 heavy (non-hydrogen) atoms. The number of benzene rings is 1. The molecule has 1 N–H and O–H groups in total. The molecule has 0 saturated carbocycles. The van der Waals surface area contributed by atoms with E-state index in [1.165, 1.54) is 0 Å². The van der Waals surface area contributed by atoms with Gasteiger partial charge in [0.15, 0.2) is 11.5 Å². The third-order valence-electron chi connectivity index (χ3n) is 2.74. The monoisotopic (exact) mass is 281 g/mol. The number of ether oxygens (including phenoxy) is 4. The highest BCUT2D eigenvalue weighted by atomic mass is 16.5. The molecule has 1 rings (SSSR count). The van der Waals surface area contributed by atoms with Crippen LogP contribution in [0, 0.1) is 0 Å². The van der Waals surface area contributed by atoms with Crippen LogP contribution < -0.4 is 19.5 Å². The normalized spacial score (nSPS) is 10.8. The lowest BCUT2D eigenvalue weighted by Gasteiger charge is -2.12. The molecule has 0 radical (unpaired) electrons. The van der Waals surface area contributed by atoms with Crippen LogP contribution in [0.1, 0.15) is 5.56 Å². The smallest absolute Gasteiger partial charge is 0.203 e. The highest BCUT2D eigenvalue weighted by molar-refractivity contribution is 5.62. The van der Waals surface area contributed by atoms with Gasteiger partial charge in [0.1, 0.15) is 0 Å². The van der Waals surface area contributed by atoms with Crippen molar-refractivity contribution >= 4 is 6.08 Å². The maximum Gasteiger partial charge on any atom is 0.203 e. The highest BCUT2D eigenvalue weighted by Gasteiger charge is 2.11. The fourth-order valence-corrected chi connectivity index (χ4v) is 1.75. The fraction of sp³-hybridized carbons (Fsp3) is 0.467. The molecule has 0 aliphatic carbocycles. The summed E-state index contributed by atoms with van der Waals surface area (Å²) in [5, 5.41) is 3.24. The fourth-order valence-electron chi connectivity index (χ4n) is 1.75. The van der Waals surface area contributed by atoms with Crippen molar-refractivity contribution in [2.45, 2.75) is 0 Å². The second-order valence-electron chi connectivity index (χ2n) is 4.06. The third kappa shape index (κ3) is 4.75. The van der Waals surface area contributed by atoms with Crippen LogP contribution in [-0.2, 0) is 4.74 Å². The zero-order chi connectivity index (χ0) is 14.8. The van der Waals surface area contributed by atoms with Gasteiger partial charge in [0, 0.05) is 20.2 Å². The lowest BCUT2D eigenvalue weighted by atomic mass is 10.1. The molecule has 1 aromatic rings. The molecule has 5 heteroatoms. The van der Waals surface area contributed by atoms with E-state index in [0.29, 0.717) is 23.9 Å². The quantitative estimate of drug-likeness (QED) is 0.701. The summed E-state index contributed by atoms with van der Waals surface area (Å²) in [5.41, 5.74) is 0.994. The van der Waals surface area contributed by atoms with Gasteiger partial charge in [0.05, 0.1) is 27.9 Å². The van der Waals surface area contributed by atoms with Gasteiger partial charge >= 0.3 is 0 Å². The Bertz CT molecular complexity index is 407. The molecule has 1 aromatic carbocycles. The average Bonchev–Trinajstić information content (AvgIpc) is 2.49. The van der Waals surface area contributed by atoms with Crippen molar-refractivity contribution in [1.82, 2.24) is 5.32 Å². The molecular formula is C15H23NO4. The molecule has 0 spiro atoms. The summed E-state index contributed by atoms with van der Waals surface area (Å²) in [4.78, 5) is 0. The summed E-state index contributed by atoms with van der Waals surface area (Å²) in [6, 6.07) is 3.82. The minimum atomic E-state index is 0.602. The Hall–Kier alpha value is -1.72. The van der Waals surface area contributed by atoms with Crippen molar-refractivity contribution < 1.29 is 18.9 Å². The van der Waals surface area contributed by atoms with Gasteiger partial charge in [-0.25, -0.2) is 0 Å². The zero-order valence-corrected chi connectivity index (χ0v) is 12.6. The van der Waals surface area contributed by atoms with Crippen molar-refractivity contribution in [3.8, 4) is 17.2 Å². The largest absolute Gasteiger partial charge is 0.493 e. The predicted octanol–water partition coefficient (Wildman–Crippen LogP) is 1.96. The molecule has 0 heterocycles. The van der Waals surface area contributed by atoms with Crippen LogP contribution in [0.25, 0.3) is 6.08 Å². The second-order valence-corrected chi connectivity index (χ2v) is 4.06. The molecule has 0 fully saturated rings. The number of rotatable bonds is 9. The van der Waals surface area contributed by atoms with Crippen molar-refractivity contribution in [3.05, 3.63) is 23.8 Å². The lowest BCUT2D eigenvalue weighted by molar-refractivity contribution is 0.200. The van der Waals surface area contributed by atoms with E-state index in [2.05, 4.69) is 5.32 Å². The molecule has 0 aliphatic heterocycles. The molecule has 0 atom stereocenters. The first-order chi connectivity index (χ1) is 9.76. The summed E-state index contributed by atoms with van der Waals surface area (Å²) in [6.45, 7) is 2.31. The molecule has 0 aromatic heterocycles. The van der Waals surface area contributed by atoms with Crippen LogP contribution >= 0.6 is 0 Å². The summed E-state index contributed by atoms with van der Waals surface area (Å²) >= 11 is 0. The van der Waals surface area contributed by atoms with Gasteiger partial charge in [-0.3, -0.25) is 0 Å². The Balaban J connectivity index is 2.72. The molecule has 0 saturated heterocycles. The molecule has 5 nitrogen and oxygen atoms in total. The number of hydrogen-bond donors (Lipinski definition) is 1. The van der Waals surface area contributed by atoms with Gasteiger partial charge in [-0.05, 0) is 17.7 Å². The van der Waals surface area contributed by atoms with E-state index in [1.807, 2.05) is 24.3 Å². The third-order valence-corrected chi connectivity index (χ3v) is 2.74. The first-order valence-corrected chi connectivity index (χ1v) is 6.43. The van der Waals surface area contributed by atoms with E-state index in [1.54, 1.807) is 28.4 Å². The van der Waals surface area contributed by atoms with E-state index in [-0.39, 0.29) is 0 Å². The first-order valence-electron chi connectivity index (χ1n) is 6.43. The average molecular weight is 281 g/mol. The minimum absolute atomic E-state index is 0.602. The van der Waals surface area contributed by atoms with Gasteiger partial charge in [0.25, 0.3) is 0 Å². The van der Waals surface area contributed by atoms with E-state index >= 15 is 0 Å². The summed E-state index contributed by atoms with van der Waals surface area (Å²) in [5.74, 6) is 1.91. The van der Waals surface area contributed by atoms with Crippen LogP contribution in [0.5, 0.6) is 17.2 Å². The standard InChI is InChI=1S/C15H23NO4/c1-17-9-8-16-7-5-6-12-10-13(18-2)15(20-4)14(11-12)19-3/h5-6,10-11,16H,7-9H2,1-4H3. The van der Waals surface area contributed by atoms with Crippen molar-refractivity contribution in [2.24, 2.45) is 0 Å². The Morgan fingerprint density at radius 3 is 2.15 bits per heavy atom. The Morgan fingerprint density at radius 1 is 1.00 bits per heavy atom. The summed E-state index contributed by atoms with van der Waals surface area (Å²) in [7, 11) is 6.50. The maximum atomic E-state index is 5.31. The van der Waals surface area contributed by atoms with E-state index in [9.17, 15) is 0 Å². The molecule has 0 unspecified atom stereocenters. The topological polar surface area (TPSA) is 49.0 Å². The van der Waals surface area contributed by atoms with Crippen LogP contribution in [0.3, 0.4) is 0 Å². The van der Waals surface area contributed by atoms with Crippen molar-refractivity contribution in [3.63, 3.8) is 0 Å². The number of hydrogen-bond acceptors (Lipinski definition) is 5. The second kappa shape index (κ2) is 9.23.